The molecule has 11 heavy (non-hydrogen) atoms. The van der Waals surface area contributed by atoms with Crippen LogP contribution in [0.4, 0.5) is 8.78 Å². The third-order valence-corrected chi connectivity index (χ3v) is 2.88. The fourth-order valence-corrected chi connectivity index (χ4v) is 1.26. The van der Waals surface area contributed by atoms with E-state index in [9.17, 15) is 13.3 Å². The molecule has 0 aromatic heterocycles. The number of alkyl halides is 3. The first-order chi connectivity index (χ1) is 4.81. The van der Waals surface area contributed by atoms with E-state index in [0.717, 1.165) is 0 Å². The van der Waals surface area contributed by atoms with Gasteiger partial charge >= 0.3 is 13.3 Å². The van der Waals surface area contributed by atoms with Gasteiger partial charge in [0.15, 0.2) is 0 Å². The van der Waals surface area contributed by atoms with Crippen molar-refractivity contribution in [2.24, 2.45) is 0 Å². The molecule has 0 unspecified atom stereocenters. The highest BCUT2D eigenvalue weighted by Gasteiger charge is 2.47. The highest BCUT2D eigenvalue weighted by atomic mass is 127. The first kappa shape index (κ1) is 11.7. The van der Waals surface area contributed by atoms with Crippen molar-refractivity contribution in [2.75, 3.05) is 4.43 Å². The van der Waals surface area contributed by atoms with Gasteiger partial charge in [-0.3, -0.25) is 4.57 Å². The maximum Gasteiger partial charge on any atom is 0.394 e. The first-order valence-electron chi connectivity index (χ1n) is 2.80. The Morgan fingerprint density at radius 1 is 1.45 bits per heavy atom. The lowest BCUT2D eigenvalue weighted by molar-refractivity contribution is 0.0501. The van der Waals surface area contributed by atoms with Gasteiger partial charge < -0.3 is 9.79 Å². The van der Waals surface area contributed by atoms with Crippen molar-refractivity contribution >= 4 is 30.2 Å². The summed E-state index contributed by atoms with van der Waals surface area (Å²) in [5.74, 6) is 0. The number of halogens is 3. The van der Waals surface area contributed by atoms with Gasteiger partial charge in [-0.05, 0) is 10.8 Å². The van der Waals surface area contributed by atoms with Crippen molar-refractivity contribution in [1.82, 2.24) is 0 Å². The zero-order valence-corrected chi connectivity index (χ0v) is 8.56. The molecule has 0 saturated carbocycles. The van der Waals surface area contributed by atoms with Crippen molar-refractivity contribution in [3.05, 3.63) is 0 Å². The summed E-state index contributed by atoms with van der Waals surface area (Å²) >= 11 is 1.87. The molecule has 0 aliphatic rings. The molecule has 0 aliphatic heterocycles. The van der Waals surface area contributed by atoms with Crippen LogP contribution in [0.3, 0.4) is 0 Å². The van der Waals surface area contributed by atoms with Crippen LogP contribution in [-0.4, -0.2) is 19.9 Å². The Hall–Kier alpha value is 0.740. The number of hydrogen-bond acceptors (Lipinski definition) is 1. The standard InChI is InChI=1S/C4H8F2IO3P/c5-4(6,2-1-3-7)11(8,9)10/h1-3H2,(H2,8,9,10). The van der Waals surface area contributed by atoms with Crippen LogP contribution >= 0.6 is 30.2 Å². The molecule has 0 spiro atoms. The highest BCUT2D eigenvalue weighted by Crippen LogP contribution is 2.55. The van der Waals surface area contributed by atoms with E-state index in [0.29, 0.717) is 4.43 Å². The van der Waals surface area contributed by atoms with Crippen LogP contribution in [0.1, 0.15) is 12.8 Å². The van der Waals surface area contributed by atoms with Gasteiger partial charge in [-0.1, -0.05) is 22.6 Å². The number of rotatable bonds is 4. The predicted octanol–water partition coefficient (Wildman–Crippen LogP) is 1.97. The maximum atomic E-state index is 12.4. The fourth-order valence-electron chi connectivity index (χ4n) is 0.425. The summed E-state index contributed by atoms with van der Waals surface area (Å²) in [6.07, 6.45) is -0.640. The second kappa shape index (κ2) is 4.11. The average molecular weight is 300 g/mol. The van der Waals surface area contributed by atoms with Gasteiger partial charge in [0.25, 0.3) is 0 Å². The minimum atomic E-state index is -5.24. The van der Waals surface area contributed by atoms with E-state index >= 15 is 0 Å². The van der Waals surface area contributed by atoms with Crippen molar-refractivity contribution in [3.63, 3.8) is 0 Å². The summed E-state index contributed by atoms with van der Waals surface area (Å²) < 4.78 is 35.3. The van der Waals surface area contributed by atoms with E-state index in [-0.39, 0.29) is 6.42 Å². The normalized spacial score (nSPS) is 13.5. The second-order valence-electron chi connectivity index (χ2n) is 2.00. The van der Waals surface area contributed by atoms with E-state index in [1.165, 1.54) is 0 Å². The van der Waals surface area contributed by atoms with Gasteiger partial charge in [0.1, 0.15) is 0 Å². The first-order valence-corrected chi connectivity index (χ1v) is 5.94. The molecule has 2 N–H and O–H groups in total. The summed E-state index contributed by atoms with van der Waals surface area (Å²) in [5, 5.41) is 0. The quantitative estimate of drug-likeness (QED) is 0.474. The molecular weight excluding hydrogens is 292 g/mol. The minimum Gasteiger partial charge on any atom is -0.320 e. The van der Waals surface area contributed by atoms with Crippen molar-refractivity contribution in [1.29, 1.82) is 0 Å². The van der Waals surface area contributed by atoms with E-state index in [1.807, 2.05) is 22.6 Å². The molecule has 0 fully saturated rings. The summed E-state index contributed by atoms with van der Waals surface area (Å²) in [4.78, 5) is 16.3. The third-order valence-electron chi connectivity index (χ3n) is 1.04. The van der Waals surface area contributed by atoms with Gasteiger partial charge in [0, 0.05) is 6.42 Å². The molecule has 0 amide bonds. The fraction of sp³-hybridized carbons (Fsp3) is 1.00. The lowest BCUT2D eigenvalue weighted by atomic mass is 10.3. The predicted molar refractivity (Wildman–Crippen MR) is 45.1 cm³/mol. The molecule has 0 radical (unpaired) electrons. The van der Waals surface area contributed by atoms with Gasteiger partial charge in [-0.2, -0.15) is 8.78 Å². The Labute approximate surface area is 76.5 Å². The molecule has 68 valence electrons. The molecule has 0 rings (SSSR count). The Morgan fingerprint density at radius 3 is 2.18 bits per heavy atom. The van der Waals surface area contributed by atoms with Crippen molar-refractivity contribution in [2.45, 2.75) is 18.5 Å². The molecule has 0 heterocycles. The zero-order valence-electron chi connectivity index (χ0n) is 5.51. The number of hydrogen-bond donors (Lipinski definition) is 2. The average Bonchev–Trinajstić information content (AvgIpc) is 1.81. The van der Waals surface area contributed by atoms with Crippen LogP contribution < -0.4 is 0 Å². The molecule has 0 bridgehead atoms. The monoisotopic (exact) mass is 300 g/mol. The SMILES string of the molecule is O=P(O)(O)C(F)(F)CCCI. The Bertz CT molecular complexity index is 169. The van der Waals surface area contributed by atoms with Crippen LogP contribution in [0.15, 0.2) is 0 Å². The Balaban J connectivity index is 4.11. The second-order valence-corrected chi connectivity index (χ2v) is 4.82. The molecule has 0 aromatic rings. The topological polar surface area (TPSA) is 57.5 Å². The lowest BCUT2D eigenvalue weighted by Crippen LogP contribution is -2.15. The Kier molecular flexibility index (Phi) is 4.39. The van der Waals surface area contributed by atoms with Gasteiger partial charge in [-0.25, -0.2) is 0 Å². The smallest absolute Gasteiger partial charge is 0.320 e. The van der Waals surface area contributed by atoms with Crippen molar-refractivity contribution < 1.29 is 23.1 Å². The molecule has 3 nitrogen and oxygen atoms in total. The molecule has 0 aliphatic carbocycles. The summed E-state index contributed by atoms with van der Waals surface area (Å²) in [5.41, 5.74) is -3.85. The lowest BCUT2D eigenvalue weighted by Gasteiger charge is -2.16. The minimum absolute atomic E-state index is 0.110. The largest absolute Gasteiger partial charge is 0.394 e. The molecule has 0 atom stereocenters. The van der Waals surface area contributed by atoms with E-state index in [2.05, 4.69) is 0 Å². The van der Waals surface area contributed by atoms with E-state index in [1.54, 1.807) is 0 Å². The van der Waals surface area contributed by atoms with Gasteiger partial charge in [0.2, 0.25) is 0 Å². The van der Waals surface area contributed by atoms with Crippen molar-refractivity contribution in [3.8, 4) is 0 Å². The van der Waals surface area contributed by atoms with Crippen LogP contribution in [0, 0.1) is 0 Å². The van der Waals surface area contributed by atoms with Crippen LogP contribution in [0.25, 0.3) is 0 Å². The van der Waals surface area contributed by atoms with E-state index in [4.69, 9.17) is 9.79 Å². The molecule has 0 aromatic carbocycles. The third kappa shape index (κ3) is 3.78. The maximum absolute atomic E-state index is 12.4. The van der Waals surface area contributed by atoms with Crippen LogP contribution in [-0.2, 0) is 4.57 Å². The van der Waals surface area contributed by atoms with E-state index < -0.39 is 19.7 Å². The zero-order chi connectivity index (χ0) is 9.12. The van der Waals surface area contributed by atoms with Crippen LogP contribution in [0.5, 0.6) is 0 Å². The molecule has 0 saturated heterocycles. The Morgan fingerprint density at radius 2 is 1.91 bits per heavy atom. The summed E-state index contributed by atoms with van der Waals surface area (Å²) in [6.45, 7) is 0. The molecule has 7 heteroatoms. The highest BCUT2D eigenvalue weighted by molar-refractivity contribution is 14.1. The summed E-state index contributed by atoms with van der Waals surface area (Å²) in [7, 11) is -5.24. The van der Waals surface area contributed by atoms with Gasteiger partial charge in [-0.15, -0.1) is 0 Å². The summed E-state index contributed by atoms with van der Waals surface area (Å²) in [6, 6.07) is 0. The van der Waals surface area contributed by atoms with Crippen LogP contribution in [0.2, 0.25) is 0 Å². The van der Waals surface area contributed by atoms with Gasteiger partial charge in [0.05, 0.1) is 0 Å². The molecular formula is C4H8F2IO3P.